The van der Waals surface area contributed by atoms with Crippen LogP contribution in [0.3, 0.4) is 0 Å². The number of nitrogens with zero attached hydrogens (tertiary/aromatic N) is 2. The SMILES string of the molecule is Nc1ccn(CC(=O)Nc2c(F)cccc2Cl)n1. The molecule has 1 aromatic heterocycles. The number of nitrogens with one attached hydrogen (secondary N) is 1. The number of carbonyl (C=O) groups is 1. The molecule has 0 atom stereocenters. The zero-order valence-electron chi connectivity index (χ0n) is 9.23. The van der Waals surface area contributed by atoms with Crippen LogP contribution in [0.4, 0.5) is 15.9 Å². The highest BCUT2D eigenvalue weighted by Crippen LogP contribution is 2.24. The number of aromatic nitrogens is 2. The first kappa shape index (κ1) is 12.4. The van der Waals surface area contributed by atoms with Gasteiger partial charge in [-0.2, -0.15) is 5.10 Å². The number of hydrogen-bond acceptors (Lipinski definition) is 3. The van der Waals surface area contributed by atoms with E-state index in [9.17, 15) is 9.18 Å². The molecule has 18 heavy (non-hydrogen) atoms. The fourth-order valence-electron chi connectivity index (χ4n) is 1.41. The van der Waals surface area contributed by atoms with Crippen LogP contribution in [0.15, 0.2) is 30.5 Å². The van der Waals surface area contributed by atoms with Gasteiger partial charge in [0.05, 0.1) is 10.7 Å². The van der Waals surface area contributed by atoms with Crippen molar-refractivity contribution in [2.75, 3.05) is 11.1 Å². The molecule has 7 heteroatoms. The Morgan fingerprint density at radius 2 is 2.28 bits per heavy atom. The lowest BCUT2D eigenvalue weighted by Crippen LogP contribution is -2.20. The Balaban J connectivity index is 2.08. The van der Waals surface area contributed by atoms with E-state index in [2.05, 4.69) is 10.4 Å². The van der Waals surface area contributed by atoms with Gasteiger partial charge in [0.25, 0.3) is 0 Å². The summed E-state index contributed by atoms with van der Waals surface area (Å²) in [4.78, 5) is 11.7. The van der Waals surface area contributed by atoms with Gasteiger partial charge in [0, 0.05) is 6.20 Å². The summed E-state index contributed by atoms with van der Waals surface area (Å²) in [6.07, 6.45) is 1.55. The van der Waals surface area contributed by atoms with E-state index in [1.807, 2.05) is 0 Å². The first-order valence-electron chi connectivity index (χ1n) is 5.09. The summed E-state index contributed by atoms with van der Waals surface area (Å²) < 4.78 is 14.8. The third-order valence-electron chi connectivity index (χ3n) is 2.19. The molecule has 3 N–H and O–H groups in total. The lowest BCUT2D eigenvalue weighted by Gasteiger charge is -2.08. The highest BCUT2D eigenvalue weighted by molar-refractivity contribution is 6.33. The quantitative estimate of drug-likeness (QED) is 0.893. The zero-order chi connectivity index (χ0) is 13.1. The fraction of sp³-hybridized carbons (Fsp3) is 0.0909. The van der Waals surface area contributed by atoms with Gasteiger partial charge >= 0.3 is 0 Å². The van der Waals surface area contributed by atoms with Gasteiger partial charge in [-0.1, -0.05) is 17.7 Å². The minimum absolute atomic E-state index is 0.0377. The molecule has 2 aromatic rings. The molecule has 0 spiro atoms. The van der Waals surface area contributed by atoms with Gasteiger partial charge < -0.3 is 11.1 Å². The van der Waals surface area contributed by atoms with Crippen molar-refractivity contribution in [1.82, 2.24) is 9.78 Å². The number of para-hydroxylation sites is 1. The zero-order valence-corrected chi connectivity index (χ0v) is 9.99. The molecule has 0 bridgehead atoms. The van der Waals surface area contributed by atoms with Crippen LogP contribution in [0.25, 0.3) is 0 Å². The number of carbonyl (C=O) groups excluding carboxylic acids is 1. The Morgan fingerprint density at radius 1 is 1.50 bits per heavy atom. The van der Waals surface area contributed by atoms with Crippen molar-refractivity contribution in [1.29, 1.82) is 0 Å². The molecule has 2 rings (SSSR count). The maximum Gasteiger partial charge on any atom is 0.246 e. The van der Waals surface area contributed by atoms with Crippen LogP contribution in [-0.2, 0) is 11.3 Å². The van der Waals surface area contributed by atoms with E-state index in [0.29, 0.717) is 5.82 Å². The van der Waals surface area contributed by atoms with Crippen molar-refractivity contribution in [2.24, 2.45) is 0 Å². The van der Waals surface area contributed by atoms with Crippen LogP contribution in [0.1, 0.15) is 0 Å². The highest BCUT2D eigenvalue weighted by Gasteiger charge is 2.11. The highest BCUT2D eigenvalue weighted by atomic mass is 35.5. The summed E-state index contributed by atoms with van der Waals surface area (Å²) >= 11 is 5.78. The third-order valence-corrected chi connectivity index (χ3v) is 2.51. The van der Waals surface area contributed by atoms with E-state index in [1.54, 1.807) is 12.3 Å². The van der Waals surface area contributed by atoms with Gasteiger partial charge in [-0.15, -0.1) is 0 Å². The largest absolute Gasteiger partial charge is 0.382 e. The first-order chi connectivity index (χ1) is 8.56. The maximum atomic E-state index is 13.4. The first-order valence-corrected chi connectivity index (χ1v) is 5.47. The summed E-state index contributed by atoms with van der Waals surface area (Å²) in [7, 11) is 0. The van der Waals surface area contributed by atoms with Crippen molar-refractivity contribution in [3.63, 3.8) is 0 Å². The molecule has 0 saturated heterocycles. The van der Waals surface area contributed by atoms with Crippen molar-refractivity contribution < 1.29 is 9.18 Å². The van der Waals surface area contributed by atoms with Gasteiger partial charge in [0.1, 0.15) is 18.2 Å². The molecule has 1 amide bonds. The van der Waals surface area contributed by atoms with E-state index in [0.717, 1.165) is 0 Å². The average molecular weight is 269 g/mol. The molecule has 1 aromatic carbocycles. The van der Waals surface area contributed by atoms with Gasteiger partial charge in [-0.05, 0) is 18.2 Å². The van der Waals surface area contributed by atoms with Gasteiger partial charge in [-0.25, -0.2) is 4.39 Å². The van der Waals surface area contributed by atoms with E-state index < -0.39 is 11.7 Å². The molecule has 94 valence electrons. The number of nitrogen functional groups attached to an aromatic ring is 1. The lowest BCUT2D eigenvalue weighted by molar-refractivity contribution is -0.116. The summed E-state index contributed by atoms with van der Waals surface area (Å²) in [6.45, 7) is -0.0676. The predicted octanol–water partition coefficient (Wildman–Crippen LogP) is 1.90. The number of benzene rings is 1. The Kier molecular flexibility index (Phi) is 3.47. The molecule has 5 nitrogen and oxygen atoms in total. The fourth-order valence-corrected chi connectivity index (χ4v) is 1.62. The van der Waals surface area contributed by atoms with Crippen LogP contribution >= 0.6 is 11.6 Å². The molecule has 0 aliphatic heterocycles. The summed E-state index contributed by atoms with van der Waals surface area (Å²) in [5.41, 5.74) is 5.37. The number of anilines is 2. The predicted molar refractivity (Wildman–Crippen MR) is 66.7 cm³/mol. The number of halogens is 2. The van der Waals surface area contributed by atoms with Crippen LogP contribution in [0.5, 0.6) is 0 Å². The van der Waals surface area contributed by atoms with Crippen LogP contribution in [-0.4, -0.2) is 15.7 Å². The molecular weight excluding hydrogens is 259 g/mol. The topological polar surface area (TPSA) is 72.9 Å². The minimum atomic E-state index is -0.587. The van der Waals surface area contributed by atoms with Crippen LogP contribution in [0.2, 0.25) is 5.02 Å². The monoisotopic (exact) mass is 268 g/mol. The number of nitrogens with two attached hydrogens (primary N) is 1. The summed E-state index contributed by atoms with van der Waals surface area (Å²) in [5, 5.41) is 6.37. The van der Waals surface area contributed by atoms with Gasteiger partial charge in [-0.3, -0.25) is 9.48 Å². The van der Waals surface area contributed by atoms with Crippen LogP contribution in [0, 0.1) is 5.82 Å². The Labute approximate surface area is 107 Å². The van der Waals surface area contributed by atoms with Crippen molar-refractivity contribution in [2.45, 2.75) is 6.54 Å². The summed E-state index contributed by atoms with van der Waals surface area (Å²) in [6, 6.07) is 5.73. The number of amides is 1. The minimum Gasteiger partial charge on any atom is -0.382 e. The van der Waals surface area contributed by atoms with E-state index in [-0.39, 0.29) is 17.3 Å². The second-order valence-corrected chi connectivity index (χ2v) is 3.99. The summed E-state index contributed by atoms with van der Waals surface area (Å²) in [5.74, 6) is -0.715. The second-order valence-electron chi connectivity index (χ2n) is 3.58. The van der Waals surface area contributed by atoms with Crippen LogP contribution < -0.4 is 11.1 Å². The number of hydrogen-bond donors (Lipinski definition) is 2. The van der Waals surface area contributed by atoms with E-state index in [4.69, 9.17) is 17.3 Å². The van der Waals surface area contributed by atoms with Gasteiger partial charge in [0.15, 0.2) is 0 Å². The molecule has 0 unspecified atom stereocenters. The van der Waals surface area contributed by atoms with E-state index in [1.165, 1.54) is 22.9 Å². The van der Waals surface area contributed by atoms with Crippen molar-refractivity contribution in [3.8, 4) is 0 Å². The molecule has 0 aliphatic carbocycles. The molecule has 1 heterocycles. The standard InChI is InChI=1S/C11H10ClFN4O/c12-7-2-1-3-8(13)11(7)15-10(18)6-17-5-4-9(14)16-17/h1-5H,6H2,(H2,14,16)(H,15,18). The lowest BCUT2D eigenvalue weighted by atomic mass is 10.3. The Morgan fingerprint density at radius 3 is 2.89 bits per heavy atom. The number of rotatable bonds is 3. The molecule has 0 radical (unpaired) electrons. The van der Waals surface area contributed by atoms with E-state index >= 15 is 0 Å². The third kappa shape index (κ3) is 2.78. The Bertz CT molecular complexity index is 564. The molecule has 0 saturated carbocycles. The van der Waals surface area contributed by atoms with Crippen molar-refractivity contribution in [3.05, 3.63) is 41.3 Å². The average Bonchev–Trinajstić information content (AvgIpc) is 2.69. The van der Waals surface area contributed by atoms with Crippen molar-refractivity contribution >= 4 is 29.0 Å². The molecular formula is C11H10ClFN4O. The second kappa shape index (κ2) is 5.05. The maximum absolute atomic E-state index is 13.4. The Hall–Kier alpha value is -2.08. The molecule has 0 aliphatic rings. The smallest absolute Gasteiger partial charge is 0.246 e. The normalized spacial score (nSPS) is 10.3. The van der Waals surface area contributed by atoms with Gasteiger partial charge in [0.2, 0.25) is 5.91 Å². The molecule has 0 fully saturated rings.